The summed E-state index contributed by atoms with van der Waals surface area (Å²) in [5, 5.41) is 2.98. The maximum Gasteiger partial charge on any atom is 0.229 e. The number of benzene rings is 2. The zero-order valence-corrected chi connectivity index (χ0v) is 16.2. The predicted octanol–water partition coefficient (Wildman–Crippen LogP) is 3.95. The molecule has 0 atom stereocenters. The third kappa shape index (κ3) is 5.18. The molecule has 1 N–H and O–H groups in total. The van der Waals surface area contributed by atoms with E-state index in [2.05, 4.69) is 5.32 Å². The van der Waals surface area contributed by atoms with Crippen molar-refractivity contribution in [2.45, 2.75) is 32.1 Å². The fraction of sp³-hybridized carbons (Fsp3) is 0.391. The summed E-state index contributed by atoms with van der Waals surface area (Å²) in [6.07, 6.45) is 3.64. The molecule has 2 amide bonds. The lowest BCUT2D eigenvalue weighted by atomic mass is 9.81. The molecule has 148 valence electrons. The summed E-state index contributed by atoms with van der Waals surface area (Å²) in [4.78, 5) is 26.9. The first-order valence-electron chi connectivity index (χ1n) is 9.89. The van der Waals surface area contributed by atoms with E-state index in [1.807, 2.05) is 37.4 Å². The van der Waals surface area contributed by atoms with E-state index in [-0.39, 0.29) is 29.5 Å². The van der Waals surface area contributed by atoms with Gasteiger partial charge in [0.1, 0.15) is 5.82 Å². The first-order valence-corrected chi connectivity index (χ1v) is 9.89. The van der Waals surface area contributed by atoms with Gasteiger partial charge in [-0.2, -0.15) is 0 Å². The van der Waals surface area contributed by atoms with Crippen molar-refractivity contribution in [1.29, 1.82) is 0 Å². The van der Waals surface area contributed by atoms with E-state index in [9.17, 15) is 14.0 Å². The van der Waals surface area contributed by atoms with Crippen LogP contribution in [0.2, 0.25) is 0 Å². The van der Waals surface area contributed by atoms with Crippen LogP contribution in [0.25, 0.3) is 0 Å². The Kier molecular flexibility index (Phi) is 6.80. The largest absolute Gasteiger partial charge is 0.356 e. The van der Waals surface area contributed by atoms with Crippen molar-refractivity contribution in [1.82, 2.24) is 5.32 Å². The van der Waals surface area contributed by atoms with Crippen molar-refractivity contribution in [2.75, 3.05) is 18.5 Å². The number of para-hydroxylation sites is 1. The van der Waals surface area contributed by atoms with Crippen molar-refractivity contribution in [2.24, 2.45) is 11.8 Å². The summed E-state index contributed by atoms with van der Waals surface area (Å²) in [5.74, 6) is -0.115. The van der Waals surface area contributed by atoms with Crippen LogP contribution >= 0.6 is 0 Å². The summed E-state index contributed by atoms with van der Waals surface area (Å²) in [7, 11) is 1.81. The molecule has 0 saturated heterocycles. The van der Waals surface area contributed by atoms with Crippen molar-refractivity contribution in [3.05, 3.63) is 66.0 Å². The lowest BCUT2D eigenvalue weighted by Crippen LogP contribution is -2.38. The highest BCUT2D eigenvalue weighted by Crippen LogP contribution is 2.31. The van der Waals surface area contributed by atoms with Gasteiger partial charge >= 0.3 is 0 Å². The van der Waals surface area contributed by atoms with Crippen LogP contribution in [0.1, 0.15) is 31.2 Å². The topological polar surface area (TPSA) is 49.4 Å². The molecule has 0 aromatic heterocycles. The van der Waals surface area contributed by atoms with Gasteiger partial charge in [-0.1, -0.05) is 30.3 Å². The summed E-state index contributed by atoms with van der Waals surface area (Å²) in [6, 6.07) is 16.0. The SMILES string of the molecule is CN(C(=O)C1CCC(C(=O)NCCc2ccc(F)cc2)CC1)c1ccccc1. The number of rotatable bonds is 6. The highest BCUT2D eigenvalue weighted by molar-refractivity contribution is 5.94. The van der Waals surface area contributed by atoms with Crippen LogP contribution < -0.4 is 10.2 Å². The number of amides is 2. The monoisotopic (exact) mass is 382 g/mol. The van der Waals surface area contributed by atoms with Gasteiger partial charge in [0.05, 0.1) is 0 Å². The number of nitrogens with one attached hydrogen (secondary N) is 1. The minimum atomic E-state index is -0.253. The maximum atomic E-state index is 12.9. The van der Waals surface area contributed by atoms with Crippen molar-refractivity contribution >= 4 is 17.5 Å². The van der Waals surface area contributed by atoms with E-state index in [0.717, 1.165) is 36.9 Å². The van der Waals surface area contributed by atoms with Crippen LogP contribution in [0.5, 0.6) is 0 Å². The summed E-state index contributed by atoms with van der Waals surface area (Å²) in [5.41, 5.74) is 1.90. The molecular formula is C23H27FN2O2. The third-order valence-corrected chi connectivity index (χ3v) is 5.55. The molecule has 4 nitrogen and oxygen atoms in total. The molecule has 2 aromatic rings. The normalized spacial score (nSPS) is 19.1. The summed E-state index contributed by atoms with van der Waals surface area (Å²) >= 11 is 0. The van der Waals surface area contributed by atoms with Gasteiger partial charge in [0.2, 0.25) is 11.8 Å². The molecule has 3 rings (SSSR count). The van der Waals surface area contributed by atoms with Crippen LogP contribution in [0.15, 0.2) is 54.6 Å². The van der Waals surface area contributed by atoms with E-state index in [1.54, 1.807) is 17.0 Å². The Morgan fingerprint density at radius 2 is 1.57 bits per heavy atom. The average molecular weight is 382 g/mol. The second-order valence-electron chi connectivity index (χ2n) is 7.45. The van der Waals surface area contributed by atoms with E-state index in [0.29, 0.717) is 13.0 Å². The molecule has 0 aliphatic heterocycles. The molecular weight excluding hydrogens is 355 g/mol. The number of anilines is 1. The summed E-state index contributed by atoms with van der Waals surface area (Å²) < 4.78 is 12.9. The molecule has 1 saturated carbocycles. The summed E-state index contributed by atoms with van der Waals surface area (Å²) in [6.45, 7) is 0.542. The van der Waals surface area contributed by atoms with Crippen LogP contribution in [-0.2, 0) is 16.0 Å². The van der Waals surface area contributed by atoms with E-state index < -0.39 is 0 Å². The molecule has 5 heteroatoms. The quantitative estimate of drug-likeness (QED) is 0.822. The first-order chi connectivity index (χ1) is 13.5. The van der Waals surface area contributed by atoms with E-state index in [1.165, 1.54) is 12.1 Å². The molecule has 0 unspecified atom stereocenters. The minimum Gasteiger partial charge on any atom is -0.356 e. The van der Waals surface area contributed by atoms with Gasteiger partial charge in [0.15, 0.2) is 0 Å². The minimum absolute atomic E-state index is 0.0199. The number of nitrogens with zero attached hydrogens (tertiary/aromatic N) is 1. The standard InChI is InChI=1S/C23H27FN2O2/c1-26(21-5-3-2-4-6-21)23(28)19-11-9-18(10-12-19)22(27)25-16-15-17-7-13-20(24)14-8-17/h2-8,13-14,18-19H,9-12,15-16H2,1H3,(H,25,27). The van der Waals surface area contributed by atoms with Crippen LogP contribution in [0.4, 0.5) is 10.1 Å². The lowest BCUT2D eigenvalue weighted by Gasteiger charge is -2.30. The molecule has 0 radical (unpaired) electrons. The Hall–Kier alpha value is -2.69. The Balaban J connectivity index is 1.42. The fourth-order valence-corrected chi connectivity index (χ4v) is 3.78. The van der Waals surface area contributed by atoms with Gasteiger partial charge in [-0.3, -0.25) is 9.59 Å². The molecule has 28 heavy (non-hydrogen) atoms. The molecule has 1 aliphatic carbocycles. The second kappa shape index (κ2) is 9.49. The maximum absolute atomic E-state index is 12.9. The van der Waals surface area contributed by atoms with Gasteiger partial charge in [-0.05, 0) is 61.9 Å². The number of hydrogen-bond donors (Lipinski definition) is 1. The van der Waals surface area contributed by atoms with Gasteiger partial charge < -0.3 is 10.2 Å². The van der Waals surface area contributed by atoms with Gasteiger partial charge in [-0.25, -0.2) is 4.39 Å². The van der Waals surface area contributed by atoms with Crippen molar-refractivity contribution < 1.29 is 14.0 Å². The lowest BCUT2D eigenvalue weighted by molar-refractivity contribution is -0.129. The van der Waals surface area contributed by atoms with Gasteiger partial charge in [0, 0.05) is 31.1 Å². The number of halogens is 1. The van der Waals surface area contributed by atoms with Gasteiger partial charge in [0.25, 0.3) is 0 Å². The molecule has 2 aromatic carbocycles. The van der Waals surface area contributed by atoms with Crippen LogP contribution in [0, 0.1) is 17.7 Å². The Morgan fingerprint density at radius 3 is 2.21 bits per heavy atom. The van der Waals surface area contributed by atoms with Crippen LogP contribution in [-0.4, -0.2) is 25.4 Å². The smallest absolute Gasteiger partial charge is 0.229 e. The Labute approximate surface area is 165 Å². The zero-order chi connectivity index (χ0) is 19.9. The molecule has 1 aliphatic rings. The van der Waals surface area contributed by atoms with E-state index in [4.69, 9.17) is 0 Å². The predicted molar refractivity (Wildman–Crippen MR) is 108 cm³/mol. The highest BCUT2D eigenvalue weighted by Gasteiger charge is 2.31. The number of carbonyl (C=O) groups excluding carboxylic acids is 2. The third-order valence-electron chi connectivity index (χ3n) is 5.55. The van der Waals surface area contributed by atoms with Crippen molar-refractivity contribution in [3.8, 4) is 0 Å². The first kappa shape index (κ1) is 20.1. The van der Waals surface area contributed by atoms with Crippen LogP contribution in [0.3, 0.4) is 0 Å². The molecule has 0 bridgehead atoms. The molecule has 0 spiro atoms. The molecule has 1 fully saturated rings. The number of carbonyl (C=O) groups is 2. The average Bonchev–Trinajstić information content (AvgIpc) is 2.74. The van der Waals surface area contributed by atoms with E-state index >= 15 is 0 Å². The zero-order valence-electron chi connectivity index (χ0n) is 16.2. The fourth-order valence-electron chi connectivity index (χ4n) is 3.78. The number of hydrogen-bond acceptors (Lipinski definition) is 2. The van der Waals surface area contributed by atoms with Gasteiger partial charge in [-0.15, -0.1) is 0 Å². The molecule has 0 heterocycles. The Bertz CT molecular complexity index is 784. The van der Waals surface area contributed by atoms with Crippen molar-refractivity contribution in [3.63, 3.8) is 0 Å². The highest BCUT2D eigenvalue weighted by atomic mass is 19.1. The second-order valence-corrected chi connectivity index (χ2v) is 7.45. The Morgan fingerprint density at radius 1 is 0.964 bits per heavy atom.